The van der Waals surface area contributed by atoms with Gasteiger partial charge in [-0.15, -0.1) is 4.73 Å². The first-order valence-corrected chi connectivity index (χ1v) is 8.59. The van der Waals surface area contributed by atoms with E-state index in [1.807, 2.05) is 0 Å². The Morgan fingerprint density at radius 3 is 2.40 bits per heavy atom. The summed E-state index contributed by atoms with van der Waals surface area (Å²) in [6.07, 6.45) is -4.48. The highest BCUT2D eigenvalue weighted by molar-refractivity contribution is 5.78. The molecule has 11 heteroatoms. The predicted molar refractivity (Wildman–Crippen MR) is 99.8 cm³/mol. The third kappa shape index (κ3) is 3.45. The van der Waals surface area contributed by atoms with Crippen molar-refractivity contribution in [1.29, 1.82) is 0 Å². The molecule has 0 saturated heterocycles. The van der Waals surface area contributed by atoms with Gasteiger partial charge in [0.1, 0.15) is 23.3 Å². The molecule has 7 nitrogen and oxygen atoms in total. The van der Waals surface area contributed by atoms with Crippen LogP contribution in [0.5, 0.6) is 0 Å². The van der Waals surface area contributed by atoms with Crippen molar-refractivity contribution in [2.24, 2.45) is 4.99 Å². The van der Waals surface area contributed by atoms with Gasteiger partial charge in [-0.2, -0.15) is 18.2 Å². The van der Waals surface area contributed by atoms with Gasteiger partial charge in [0, 0.05) is 12.1 Å². The van der Waals surface area contributed by atoms with E-state index in [1.54, 1.807) is 6.92 Å². The molecule has 2 aromatic heterocycles. The number of hydrogen-bond acceptors (Lipinski definition) is 5. The van der Waals surface area contributed by atoms with Gasteiger partial charge in [0.2, 0.25) is 0 Å². The lowest BCUT2D eigenvalue weighted by Crippen LogP contribution is -2.26. The zero-order chi connectivity index (χ0) is 21.6. The molecule has 0 amide bonds. The number of imidazole rings is 1. The minimum atomic E-state index is -4.48. The van der Waals surface area contributed by atoms with Crippen LogP contribution in [0.3, 0.4) is 0 Å². The van der Waals surface area contributed by atoms with Crippen LogP contribution in [0.2, 0.25) is 0 Å². The van der Waals surface area contributed by atoms with Gasteiger partial charge in [0.15, 0.2) is 0 Å². The van der Waals surface area contributed by atoms with Crippen molar-refractivity contribution >= 4 is 22.5 Å². The molecule has 0 bridgehead atoms. The summed E-state index contributed by atoms with van der Waals surface area (Å²) >= 11 is 0. The van der Waals surface area contributed by atoms with Gasteiger partial charge < -0.3 is 10.9 Å². The summed E-state index contributed by atoms with van der Waals surface area (Å²) in [7, 11) is 0. The van der Waals surface area contributed by atoms with E-state index in [1.165, 1.54) is 28.8 Å². The Balaban J connectivity index is 1.88. The van der Waals surface area contributed by atoms with Crippen LogP contribution in [-0.2, 0) is 6.18 Å². The fourth-order valence-electron chi connectivity index (χ4n) is 2.98. The van der Waals surface area contributed by atoms with E-state index >= 15 is 0 Å². The maximum Gasteiger partial charge on any atom is 0.416 e. The Labute approximate surface area is 166 Å². The first-order chi connectivity index (χ1) is 14.1. The van der Waals surface area contributed by atoms with Crippen molar-refractivity contribution < 1.29 is 22.8 Å². The average Bonchev–Trinajstić information content (AvgIpc) is 3.00. The number of nitrogens with zero attached hydrogens (tertiary/aromatic N) is 5. The normalized spacial score (nSPS) is 12.6. The largest absolute Gasteiger partial charge is 0.423 e. The predicted octanol–water partition coefficient (Wildman–Crippen LogP) is 3.74. The summed E-state index contributed by atoms with van der Waals surface area (Å²) in [5, 5.41) is 10.2. The number of benzene rings is 2. The molecule has 0 aliphatic rings. The molecule has 4 rings (SSSR count). The van der Waals surface area contributed by atoms with Crippen molar-refractivity contribution in [1.82, 2.24) is 19.3 Å². The van der Waals surface area contributed by atoms with Crippen LogP contribution in [0.4, 0.5) is 29.1 Å². The minimum absolute atomic E-state index is 0.119. The second-order valence-corrected chi connectivity index (χ2v) is 6.43. The van der Waals surface area contributed by atoms with Gasteiger partial charge in [0.25, 0.3) is 5.62 Å². The Morgan fingerprint density at radius 1 is 1.03 bits per heavy atom. The number of alkyl halides is 3. The van der Waals surface area contributed by atoms with Crippen LogP contribution < -0.4 is 11.4 Å². The summed E-state index contributed by atoms with van der Waals surface area (Å²) in [5.41, 5.74) is 5.81. The van der Waals surface area contributed by atoms with Crippen LogP contribution in [0.25, 0.3) is 16.9 Å². The highest BCUT2D eigenvalue weighted by Gasteiger charge is 2.29. The second kappa shape index (κ2) is 6.87. The summed E-state index contributed by atoms with van der Waals surface area (Å²) in [6, 6.07) is 9.42. The third-order valence-corrected chi connectivity index (χ3v) is 4.36. The van der Waals surface area contributed by atoms with E-state index in [2.05, 4.69) is 15.0 Å². The Morgan fingerprint density at radius 2 is 1.73 bits per heavy atom. The molecule has 0 aliphatic carbocycles. The molecular weight excluding hydrogens is 404 g/mol. The highest BCUT2D eigenvalue weighted by Crippen LogP contribution is 2.30. The van der Waals surface area contributed by atoms with Crippen molar-refractivity contribution in [3.63, 3.8) is 0 Å². The number of fused-ring (bicyclic) bond motifs is 1. The molecule has 0 saturated carbocycles. The van der Waals surface area contributed by atoms with E-state index in [0.29, 0.717) is 21.6 Å². The number of aryl methyl sites for hydroxylation is 1. The maximum atomic E-state index is 13.7. The molecule has 0 atom stereocenters. The summed E-state index contributed by atoms with van der Waals surface area (Å²) in [6.45, 7) is 1.68. The average molecular weight is 418 g/mol. The first kappa shape index (κ1) is 19.4. The molecule has 30 heavy (non-hydrogen) atoms. The summed E-state index contributed by atoms with van der Waals surface area (Å²) < 4.78 is 53.9. The van der Waals surface area contributed by atoms with Crippen LogP contribution in [-0.4, -0.2) is 24.5 Å². The molecule has 0 aliphatic heterocycles. The Hall–Kier alpha value is -3.89. The van der Waals surface area contributed by atoms with Gasteiger partial charge in [-0.3, -0.25) is 4.57 Å². The Kier molecular flexibility index (Phi) is 4.45. The van der Waals surface area contributed by atoms with Crippen molar-refractivity contribution in [2.45, 2.75) is 13.1 Å². The second-order valence-electron chi connectivity index (χ2n) is 6.43. The highest BCUT2D eigenvalue weighted by atomic mass is 19.4. The van der Waals surface area contributed by atoms with E-state index in [0.717, 1.165) is 24.3 Å². The van der Waals surface area contributed by atoms with E-state index in [4.69, 9.17) is 5.73 Å². The van der Waals surface area contributed by atoms with Crippen LogP contribution in [0.15, 0.2) is 53.5 Å². The van der Waals surface area contributed by atoms with E-state index < -0.39 is 17.6 Å². The Bertz CT molecular complexity index is 1320. The third-order valence-electron chi connectivity index (χ3n) is 4.36. The first-order valence-electron chi connectivity index (χ1n) is 8.59. The van der Waals surface area contributed by atoms with Gasteiger partial charge in [-0.05, 0) is 43.3 Å². The zero-order valence-corrected chi connectivity index (χ0v) is 15.4. The lowest BCUT2D eigenvalue weighted by molar-refractivity contribution is -0.137. The molecule has 2 aromatic carbocycles. The number of halogens is 4. The van der Waals surface area contributed by atoms with Gasteiger partial charge >= 0.3 is 6.18 Å². The van der Waals surface area contributed by atoms with Crippen LogP contribution in [0, 0.1) is 12.7 Å². The quantitative estimate of drug-likeness (QED) is 0.383. The number of anilines is 1. The van der Waals surface area contributed by atoms with Crippen molar-refractivity contribution in [3.8, 4) is 5.82 Å². The van der Waals surface area contributed by atoms with Gasteiger partial charge in [-0.1, -0.05) is 0 Å². The number of hydrogen-bond donors (Lipinski definition) is 2. The molecule has 0 radical (unpaired) electrons. The lowest BCUT2D eigenvalue weighted by atomic mass is 10.2. The number of nitrogens with two attached hydrogens (primary N) is 1. The molecule has 0 unspecified atom stereocenters. The molecule has 0 fully saturated rings. The fourth-order valence-corrected chi connectivity index (χ4v) is 2.98. The van der Waals surface area contributed by atoms with Gasteiger partial charge in [-0.25, -0.2) is 14.4 Å². The topological polar surface area (TPSA) is 94.2 Å². The monoisotopic (exact) mass is 418 g/mol. The SMILES string of the molecule is Cc1nc2ccc(F)cc2n1-c1cc(N)n(O)c(=Nc2ccc(C(F)(F)F)cc2)n1. The molecular formula is C19H14F4N6O. The number of rotatable bonds is 2. The minimum Gasteiger partial charge on any atom is -0.423 e. The van der Waals surface area contributed by atoms with Crippen molar-refractivity contribution in [3.05, 3.63) is 71.4 Å². The summed E-state index contributed by atoms with van der Waals surface area (Å²) in [4.78, 5) is 12.6. The van der Waals surface area contributed by atoms with Crippen LogP contribution in [0.1, 0.15) is 11.4 Å². The smallest absolute Gasteiger partial charge is 0.416 e. The number of nitrogen functional groups attached to an aromatic ring is 1. The summed E-state index contributed by atoms with van der Waals surface area (Å²) in [5.74, 6) is 0.0792. The standard InChI is InChI=1S/C19H14F4N6O/c1-10-25-14-7-4-12(20)8-15(14)28(10)17-9-16(24)29(30)18(27-17)26-13-5-2-11(3-6-13)19(21,22)23/h2-9,30H,24H2,1H3. The van der Waals surface area contributed by atoms with E-state index in [9.17, 15) is 22.8 Å². The molecule has 2 heterocycles. The van der Waals surface area contributed by atoms with Crippen molar-refractivity contribution in [2.75, 3.05) is 5.73 Å². The van der Waals surface area contributed by atoms with Crippen LogP contribution >= 0.6 is 0 Å². The number of aromatic nitrogens is 4. The zero-order valence-electron chi connectivity index (χ0n) is 15.4. The maximum absolute atomic E-state index is 13.7. The lowest BCUT2D eigenvalue weighted by Gasteiger charge is -2.10. The van der Waals surface area contributed by atoms with E-state index in [-0.39, 0.29) is 22.9 Å². The molecule has 4 aromatic rings. The molecule has 3 N–H and O–H groups in total. The van der Waals surface area contributed by atoms with Gasteiger partial charge in [0.05, 0.1) is 22.3 Å². The molecule has 0 spiro atoms. The molecule has 154 valence electrons. The fraction of sp³-hybridized carbons (Fsp3) is 0.105.